The number of halogens is 4. The van der Waals surface area contributed by atoms with Crippen LogP contribution >= 0.6 is 46.4 Å². The maximum Gasteiger partial charge on any atom is 0.320 e. The number of nitrogens with one attached hydrogen (secondary N) is 6. The molecule has 4 amide bonds. The third kappa shape index (κ3) is 22.7. The highest BCUT2D eigenvalue weighted by Gasteiger charge is 2.25. The van der Waals surface area contributed by atoms with Crippen molar-refractivity contribution in [1.82, 2.24) is 31.9 Å². The first-order chi connectivity index (χ1) is 32.4. The number of benzene rings is 2. The molecule has 1 fully saturated rings. The van der Waals surface area contributed by atoms with E-state index in [1.54, 1.807) is 0 Å². The molecule has 0 aliphatic carbocycles. The predicted octanol–water partition coefficient (Wildman–Crippen LogP) is 4.63. The molecule has 3 rings (SSSR count). The lowest BCUT2D eigenvalue weighted by Crippen LogP contribution is -2.48. The average Bonchev–Trinajstić information content (AvgIpc) is 3.31. The van der Waals surface area contributed by atoms with E-state index in [0.717, 1.165) is 22.5 Å². The van der Waals surface area contributed by atoms with Crippen molar-refractivity contribution < 1.29 is 39.0 Å². The first-order valence-electron chi connectivity index (χ1n) is 23.4. The fraction of sp³-hybridized carbons (Fsp3) is 0.617. The van der Waals surface area contributed by atoms with Crippen LogP contribution in [0.2, 0.25) is 0 Å². The third-order valence-corrected chi connectivity index (χ3v) is 12.2. The van der Waals surface area contributed by atoms with E-state index >= 15 is 0 Å². The van der Waals surface area contributed by atoms with E-state index in [9.17, 15) is 39.0 Å². The zero-order valence-corrected chi connectivity index (χ0v) is 41.4. The Kier molecular flexibility index (Phi) is 28.6. The molecule has 16 nitrogen and oxygen atoms in total. The second kappa shape index (κ2) is 33.4. The Hall–Kier alpha value is -4.06. The predicted molar refractivity (Wildman–Crippen MR) is 267 cm³/mol. The molecule has 0 saturated carbocycles. The van der Waals surface area contributed by atoms with Gasteiger partial charge in [-0.15, -0.1) is 46.4 Å². The molecule has 67 heavy (non-hydrogen) atoms. The van der Waals surface area contributed by atoms with Gasteiger partial charge in [-0.05, 0) is 119 Å². The number of unbranched alkanes of at least 4 members (excludes halogenated alkanes) is 2. The van der Waals surface area contributed by atoms with Crippen LogP contribution in [0.5, 0.6) is 0 Å². The summed E-state index contributed by atoms with van der Waals surface area (Å²) < 4.78 is 0. The van der Waals surface area contributed by atoms with Gasteiger partial charge >= 0.3 is 11.9 Å². The Bertz CT molecular complexity index is 1790. The SMILES string of the molecule is O=C1CCCNC(=O)[C@H](CCCCN[C@@H](CCc2ccc(N(CCCl)CCCl)cc2)C(=O)O)NC(=O)CCNC(=O)[C@H](CCCCN[C@@H](CCc2ccc(N(CCCl)CCCl)cc2)C(=O)O)N1. The maximum absolute atomic E-state index is 13.2. The standard InChI is InChI=1S/C47H70Cl4N8O8/c48-22-30-58(31-23-49)36-15-9-34(10-16-36)13-19-40(46(64)65)52-26-3-1-6-38-44(62)54-28-5-8-42(60)56-39(45(63)55-29-21-43(61)57-38)7-2-4-27-53-41(47(66)67)20-14-35-11-17-37(18-12-35)59(32-24-50)33-25-51/h9-12,15-18,38-41,52-53H,1-8,13-14,19-33H2,(H,54,62)(H,55,63)(H,56,60)(H,57,61)(H,64,65)(H,66,67)/t38-,39-,40-,41-/m0/s1. The molecule has 0 spiro atoms. The summed E-state index contributed by atoms with van der Waals surface area (Å²) in [5, 5.41) is 37.0. The van der Waals surface area contributed by atoms with Crippen LogP contribution in [0.25, 0.3) is 0 Å². The Balaban J connectivity index is 1.42. The summed E-state index contributed by atoms with van der Waals surface area (Å²) >= 11 is 23.7. The smallest absolute Gasteiger partial charge is 0.320 e. The number of carboxylic acid groups (broad SMARTS) is 2. The highest BCUT2D eigenvalue weighted by molar-refractivity contribution is 6.19. The fourth-order valence-corrected chi connectivity index (χ4v) is 8.54. The summed E-state index contributed by atoms with van der Waals surface area (Å²) in [7, 11) is 0. The molecule has 8 N–H and O–H groups in total. The van der Waals surface area contributed by atoms with Gasteiger partial charge in [0.15, 0.2) is 0 Å². The molecule has 1 saturated heterocycles. The summed E-state index contributed by atoms with van der Waals surface area (Å²) in [6.07, 6.45) is 4.94. The van der Waals surface area contributed by atoms with Crippen LogP contribution < -0.4 is 41.7 Å². The zero-order valence-electron chi connectivity index (χ0n) is 38.4. The quantitative estimate of drug-likeness (QED) is 0.0397. The van der Waals surface area contributed by atoms with Gasteiger partial charge in [-0.3, -0.25) is 28.8 Å². The first kappa shape index (κ1) is 57.3. The number of carboxylic acids is 2. The number of carbonyl (C=O) groups excluding carboxylic acids is 4. The molecule has 2 aromatic rings. The summed E-state index contributed by atoms with van der Waals surface area (Å²) in [6.45, 7) is 3.65. The van der Waals surface area contributed by atoms with Gasteiger partial charge in [0.05, 0.1) is 0 Å². The number of amides is 4. The van der Waals surface area contributed by atoms with Crippen LogP contribution in [0.3, 0.4) is 0 Å². The molecule has 20 heteroatoms. The highest BCUT2D eigenvalue weighted by atomic mass is 35.5. The molecule has 0 radical (unpaired) electrons. The molecule has 1 aliphatic heterocycles. The molecule has 4 atom stereocenters. The number of hydrogen-bond acceptors (Lipinski definition) is 10. The van der Waals surface area contributed by atoms with Gasteiger partial charge in [0, 0.05) is 87.0 Å². The van der Waals surface area contributed by atoms with Crippen LogP contribution in [-0.4, -0.2) is 146 Å². The van der Waals surface area contributed by atoms with E-state index in [2.05, 4.69) is 41.7 Å². The van der Waals surface area contributed by atoms with Crippen molar-refractivity contribution in [3.8, 4) is 0 Å². The van der Waals surface area contributed by atoms with Gasteiger partial charge in [0.25, 0.3) is 0 Å². The van der Waals surface area contributed by atoms with Gasteiger partial charge in [-0.25, -0.2) is 0 Å². The van der Waals surface area contributed by atoms with Gasteiger partial charge in [-0.2, -0.15) is 0 Å². The van der Waals surface area contributed by atoms with E-state index in [4.69, 9.17) is 46.4 Å². The van der Waals surface area contributed by atoms with Crippen molar-refractivity contribution in [2.45, 2.75) is 108 Å². The van der Waals surface area contributed by atoms with Crippen molar-refractivity contribution in [3.63, 3.8) is 0 Å². The lowest BCUT2D eigenvalue weighted by atomic mass is 10.0. The van der Waals surface area contributed by atoms with Crippen LogP contribution in [0.1, 0.15) is 81.8 Å². The highest BCUT2D eigenvalue weighted by Crippen LogP contribution is 2.19. The summed E-state index contributed by atoms with van der Waals surface area (Å²) in [5.74, 6) is -1.59. The minimum atomic E-state index is -0.953. The second-order valence-electron chi connectivity index (χ2n) is 16.5. The first-order valence-corrected chi connectivity index (χ1v) is 25.5. The van der Waals surface area contributed by atoms with Crippen LogP contribution in [-0.2, 0) is 41.6 Å². The molecular weight excluding hydrogens is 946 g/mol. The number of hydrogen-bond donors (Lipinski definition) is 8. The molecule has 1 aliphatic rings. The monoisotopic (exact) mass is 1010 g/mol. The van der Waals surface area contributed by atoms with Crippen LogP contribution in [0.4, 0.5) is 11.4 Å². The minimum Gasteiger partial charge on any atom is -0.480 e. The van der Waals surface area contributed by atoms with E-state index in [1.807, 2.05) is 48.5 Å². The number of anilines is 2. The minimum absolute atomic E-state index is 0.0137. The largest absolute Gasteiger partial charge is 0.480 e. The van der Waals surface area contributed by atoms with Crippen molar-refractivity contribution in [3.05, 3.63) is 59.7 Å². The number of rotatable bonds is 30. The number of aryl methyl sites for hydroxylation is 2. The Morgan fingerprint density at radius 1 is 0.582 bits per heavy atom. The molecule has 0 bridgehead atoms. The fourth-order valence-electron chi connectivity index (χ4n) is 7.72. The number of aliphatic carboxylic acids is 2. The van der Waals surface area contributed by atoms with E-state index < -0.39 is 47.9 Å². The Morgan fingerprint density at radius 3 is 1.36 bits per heavy atom. The van der Waals surface area contributed by atoms with Crippen LogP contribution in [0.15, 0.2) is 48.5 Å². The van der Waals surface area contributed by atoms with Crippen molar-refractivity contribution in [1.29, 1.82) is 0 Å². The van der Waals surface area contributed by atoms with Gasteiger partial charge < -0.3 is 51.9 Å². The number of carbonyl (C=O) groups is 6. The summed E-state index contributed by atoms with van der Waals surface area (Å²) in [6, 6.07) is 12.6. The normalized spacial score (nSPS) is 17.2. The molecule has 0 aromatic heterocycles. The van der Waals surface area contributed by atoms with Gasteiger partial charge in [0.1, 0.15) is 24.2 Å². The maximum atomic E-state index is 13.2. The summed E-state index contributed by atoms with van der Waals surface area (Å²) in [5.41, 5.74) is 4.02. The number of nitrogens with zero attached hydrogens (tertiary/aromatic N) is 2. The third-order valence-electron chi connectivity index (χ3n) is 11.5. The van der Waals surface area contributed by atoms with Crippen molar-refractivity contribution >= 4 is 93.3 Å². The molecule has 1 heterocycles. The Labute approximate surface area is 415 Å². The van der Waals surface area contributed by atoms with Crippen LogP contribution in [0, 0.1) is 0 Å². The topological polar surface area (TPSA) is 222 Å². The Morgan fingerprint density at radius 2 is 0.970 bits per heavy atom. The van der Waals surface area contributed by atoms with E-state index in [0.29, 0.717) is 133 Å². The van der Waals surface area contributed by atoms with Crippen molar-refractivity contribution in [2.75, 3.05) is 85.7 Å². The summed E-state index contributed by atoms with van der Waals surface area (Å²) in [4.78, 5) is 80.5. The lowest BCUT2D eigenvalue weighted by molar-refractivity contribution is -0.140. The second-order valence-corrected chi connectivity index (χ2v) is 18.0. The van der Waals surface area contributed by atoms with Gasteiger partial charge in [-0.1, -0.05) is 24.3 Å². The van der Waals surface area contributed by atoms with Crippen molar-refractivity contribution in [2.24, 2.45) is 0 Å². The average molecular weight is 1020 g/mol. The lowest BCUT2D eigenvalue weighted by Gasteiger charge is -2.23. The van der Waals surface area contributed by atoms with E-state index in [1.165, 1.54) is 0 Å². The molecule has 2 aromatic carbocycles. The molecule has 374 valence electrons. The van der Waals surface area contributed by atoms with Gasteiger partial charge in [0.2, 0.25) is 23.6 Å². The molecule has 0 unspecified atom stereocenters. The zero-order chi connectivity index (χ0) is 48.8. The molecular formula is C47H70Cl4N8O8. The number of alkyl halides is 4. The van der Waals surface area contributed by atoms with E-state index in [-0.39, 0.29) is 37.7 Å².